The Labute approximate surface area is 184 Å². The second kappa shape index (κ2) is 7.36. The van der Waals surface area contributed by atoms with Crippen molar-refractivity contribution in [2.75, 3.05) is 36.8 Å². The third-order valence-electron chi connectivity index (χ3n) is 5.84. The van der Waals surface area contributed by atoms with Gasteiger partial charge < -0.3 is 10.6 Å². The highest BCUT2D eigenvalue weighted by atomic mass is 127. The molecule has 6 nitrogen and oxygen atoms in total. The number of benzene rings is 1. The zero-order chi connectivity index (χ0) is 20.0. The molecule has 2 aliphatic rings. The van der Waals surface area contributed by atoms with Gasteiger partial charge in [0.05, 0.1) is 9.12 Å². The zero-order valence-electron chi connectivity index (χ0n) is 16.6. The number of nitrogens with zero attached hydrogens (tertiary/aromatic N) is 5. The number of aromatic nitrogens is 3. The first-order chi connectivity index (χ1) is 14.0. The van der Waals surface area contributed by atoms with Crippen molar-refractivity contribution in [3.8, 4) is 0 Å². The van der Waals surface area contributed by atoms with Crippen LogP contribution in [0.2, 0.25) is 0 Å². The Morgan fingerprint density at radius 1 is 1.03 bits per heavy atom. The minimum Gasteiger partial charge on any atom is -0.381 e. The van der Waals surface area contributed by atoms with Crippen LogP contribution in [-0.2, 0) is 9.97 Å². The lowest BCUT2D eigenvalue weighted by molar-refractivity contribution is 0.249. The maximum Gasteiger partial charge on any atom is 0.180 e. The number of piperazine rings is 1. The number of hydrogen-bond donors (Lipinski definition) is 1. The van der Waals surface area contributed by atoms with Crippen LogP contribution in [0.15, 0.2) is 36.4 Å². The van der Waals surface area contributed by atoms with Crippen molar-refractivity contribution in [2.45, 2.75) is 29.7 Å². The largest absolute Gasteiger partial charge is 0.381 e. The molecule has 3 aromatic rings. The van der Waals surface area contributed by atoms with Gasteiger partial charge in [0.2, 0.25) is 0 Å². The highest BCUT2D eigenvalue weighted by Crippen LogP contribution is 2.53. The molecule has 1 aliphatic carbocycles. The summed E-state index contributed by atoms with van der Waals surface area (Å²) in [4.78, 5) is 19.0. The van der Waals surface area contributed by atoms with E-state index in [1.165, 1.54) is 24.0 Å². The molecule has 1 saturated carbocycles. The van der Waals surface area contributed by atoms with Crippen LogP contribution in [0.3, 0.4) is 0 Å². The number of nitrogen functional groups attached to an aromatic ring is 1. The van der Waals surface area contributed by atoms with Crippen LogP contribution in [-0.4, -0.2) is 46.0 Å². The average molecular weight is 500 g/mol. The SMILES string of the molecule is Cc1cccc(CN2CCN(c3nc4nc(C5(I)CC5)ccc4nc3N)CC2)c1. The maximum absolute atomic E-state index is 6.27. The number of alkyl halides is 1. The zero-order valence-corrected chi connectivity index (χ0v) is 18.8. The van der Waals surface area contributed by atoms with Gasteiger partial charge in [0.1, 0.15) is 5.52 Å². The number of anilines is 2. The Morgan fingerprint density at radius 3 is 2.55 bits per heavy atom. The van der Waals surface area contributed by atoms with Gasteiger partial charge in [-0.15, -0.1) is 0 Å². The Bertz CT molecular complexity index is 1060. The fraction of sp³-hybridized carbons (Fsp3) is 0.409. The molecular weight excluding hydrogens is 475 g/mol. The fourth-order valence-electron chi connectivity index (χ4n) is 3.98. The lowest BCUT2D eigenvalue weighted by Crippen LogP contribution is -2.46. The first-order valence-electron chi connectivity index (χ1n) is 10.2. The number of aryl methyl sites for hydroxylation is 1. The summed E-state index contributed by atoms with van der Waals surface area (Å²) in [6.07, 6.45) is 2.37. The van der Waals surface area contributed by atoms with Crippen molar-refractivity contribution in [3.05, 3.63) is 53.2 Å². The molecule has 2 N–H and O–H groups in total. The number of hydrogen-bond acceptors (Lipinski definition) is 6. The highest BCUT2D eigenvalue weighted by Gasteiger charge is 2.43. The van der Waals surface area contributed by atoms with Gasteiger partial charge in [0.15, 0.2) is 17.3 Å². The van der Waals surface area contributed by atoms with E-state index in [9.17, 15) is 0 Å². The Morgan fingerprint density at radius 2 is 1.83 bits per heavy atom. The van der Waals surface area contributed by atoms with E-state index in [-0.39, 0.29) is 3.42 Å². The van der Waals surface area contributed by atoms with E-state index in [0.717, 1.165) is 49.8 Å². The van der Waals surface area contributed by atoms with Gasteiger partial charge in [0, 0.05) is 32.7 Å². The van der Waals surface area contributed by atoms with Gasteiger partial charge in [0.25, 0.3) is 0 Å². The van der Waals surface area contributed by atoms with Gasteiger partial charge in [-0.05, 0) is 37.5 Å². The van der Waals surface area contributed by atoms with Crippen LogP contribution in [0.5, 0.6) is 0 Å². The Kier molecular flexibility index (Phi) is 4.82. The van der Waals surface area contributed by atoms with E-state index < -0.39 is 0 Å². The minimum atomic E-state index is 0.191. The molecule has 2 fully saturated rings. The molecular formula is C22H25IN6. The molecule has 7 heteroatoms. The van der Waals surface area contributed by atoms with Crippen LogP contribution in [0.25, 0.3) is 11.2 Å². The number of fused-ring (bicyclic) bond motifs is 1. The van der Waals surface area contributed by atoms with Crippen molar-refractivity contribution in [1.29, 1.82) is 0 Å². The standard InChI is InChI=1S/C22H25IN6/c1-15-3-2-4-16(13-15)14-28-9-11-29(12-10-28)21-19(24)25-17-5-6-18(22(23)7-8-22)26-20(17)27-21/h2-6,13H,7-12,14H2,1H3,(H2,24,25). The number of nitrogens with two attached hydrogens (primary N) is 1. The van der Waals surface area contributed by atoms with E-state index >= 15 is 0 Å². The first-order valence-corrected chi connectivity index (χ1v) is 11.2. The summed E-state index contributed by atoms with van der Waals surface area (Å²) >= 11 is 2.51. The normalized spacial score (nSPS) is 18.9. The highest BCUT2D eigenvalue weighted by molar-refractivity contribution is 14.1. The molecule has 0 bridgehead atoms. The molecule has 1 aromatic carbocycles. The lowest BCUT2D eigenvalue weighted by atomic mass is 10.1. The summed E-state index contributed by atoms with van der Waals surface area (Å²) < 4.78 is 0.191. The molecule has 150 valence electrons. The van der Waals surface area contributed by atoms with E-state index in [1.54, 1.807) is 0 Å². The summed E-state index contributed by atoms with van der Waals surface area (Å²) in [5, 5.41) is 0. The summed E-state index contributed by atoms with van der Waals surface area (Å²) in [6.45, 7) is 6.88. The summed E-state index contributed by atoms with van der Waals surface area (Å²) in [5.74, 6) is 1.27. The van der Waals surface area contributed by atoms with Crippen molar-refractivity contribution in [1.82, 2.24) is 19.9 Å². The van der Waals surface area contributed by atoms with Crippen LogP contribution in [0.1, 0.15) is 29.7 Å². The van der Waals surface area contributed by atoms with Crippen LogP contribution >= 0.6 is 22.6 Å². The minimum absolute atomic E-state index is 0.191. The van der Waals surface area contributed by atoms with Gasteiger partial charge in [-0.25, -0.2) is 15.0 Å². The Hall–Kier alpha value is -2.00. The maximum atomic E-state index is 6.27. The molecule has 3 heterocycles. The Balaban J connectivity index is 1.32. The summed E-state index contributed by atoms with van der Waals surface area (Å²) in [5.41, 5.74) is 11.5. The molecule has 0 radical (unpaired) electrons. The summed E-state index contributed by atoms with van der Waals surface area (Å²) in [6, 6.07) is 12.8. The topological polar surface area (TPSA) is 71.2 Å². The van der Waals surface area contributed by atoms with E-state index in [2.05, 4.69) is 74.6 Å². The fourth-order valence-corrected chi connectivity index (χ4v) is 4.55. The predicted molar refractivity (Wildman–Crippen MR) is 125 cm³/mol. The number of halogens is 1. The molecule has 0 unspecified atom stereocenters. The monoisotopic (exact) mass is 500 g/mol. The number of rotatable bonds is 4. The molecule has 1 saturated heterocycles. The second-order valence-corrected chi connectivity index (χ2v) is 10.3. The smallest absolute Gasteiger partial charge is 0.180 e. The van der Waals surface area contributed by atoms with Gasteiger partial charge in [-0.3, -0.25) is 4.90 Å². The van der Waals surface area contributed by atoms with E-state index in [4.69, 9.17) is 15.7 Å². The number of pyridine rings is 1. The molecule has 0 spiro atoms. The van der Waals surface area contributed by atoms with Crippen LogP contribution in [0.4, 0.5) is 11.6 Å². The molecule has 5 rings (SSSR count). The van der Waals surface area contributed by atoms with Gasteiger partial charge >= 0.3 is 0 Å². The van der Waals surface area contributed by atoms with Gasteiger partial charge in [-0.1, -0.05) is 52.4 Å². The van der Waals surface area contributed by atoms with Crippen LogP contribution in [0, 0.1) is 6.92 Å². The third-order valence-corrected chi connectivity index (χ3v) is 7.48. The predicted octanol–water partition coefficient (Wildman–Crippen LogP) is 3.66. The molecule has 2 aromatic heterocycles. The lowest BCUT2D eigenvalue weighted by Gasteiger charge is -2.35. The first kappa shape index (κ1) is 19.0. The second-order valence-electron chi connectivity index (χ2n) is 8.19. The average Bonchev–Trinajstić information content (AvgIpc) is 3.46. The van der Waals surface area contributed by atoms with Crippen molar-refractivity contribution in [3.63, 3.8) is 0 Å². The molecule has 0 amide bonds. The summed E-state index contributed by atoms with van der Waals surface area (Å²) in [7, 11) is 0. The van der Waals surface area contributed by atoms with E-state index in [0.29, 0.717) is 11.5 Å². The van der Waals surface area contributed by atoms with Crippen molar-refractivity contribution >= 4 is 45.4 Å². The molecule has 0 atom stereocenters. The van der Waals surface area contributed by atoms with Gasteiger partial charge in [-0.2, -0.15) is 0 Å². The quantitative estimate of drug-likeness (QED) is 0.436. The molecule has 29 heavy (non-hydrogen) atoms. The van der Waals surface area contributed by atoms with Crippen LogP contribution < -0.4 is 10.6 Å². The van der Waals surface area contributed by atoms with Crippen molar-refractivity contribution < 1.29 is 0 Å². The molecule has 1 aliphatic heterocycles. The third kappa shape index (κ3) is 3.90. The van der Waals surface area contributed by atoms with Crippen molar-refractivity contribution in [2.24, 2.45) is 0 Å². The van der Waals surface area contributed by atoms with E-state index in [1.807, 2.05) is 6.07 Å².